The zero-order valence-corrected chi connectivity index (χ0v) is 12.5. The first-order valence-corrected chi connectivity index (χ1v) is 6.15. The van der Waals surface area contributed by atoms with Crippen LogP contribution in [0.3, 0.4) is 0 Å². The van der Waals surface area contributed by atoms with Gasteiger partial charge in [0.2, 0.25) is 5.91 Å². The molecule has 1 amide bonds. The fourth-order valence-electron chi connectivity index (χ4n) is 1.35. The number of rotatable bonds is 5. The van der Waals surface area contributed by atoms with E-state index in [-0.39, 0.29) is 5.91 Å². The molecule has 0 aliphatic heterocycles. The van der Waals surface area contributed by atoms with Crippen LogP contribution in [0.1, 0.15) is 13.8 Å². The molecule has 106 valence electrons. The van der Waals surface area contributed by atoms with Crippen LogP contribution in [0.2, 0.25) is 5.02 Å². The van der Waals surface area contributed by atoms with E-state index in [1.54, 1.807) is 33.0 Å². The maximum atomic E-state index is 12.1. The molecule has 0 unspecified atom stereocenters. The lowest BCUT2D eigenvalue weighted by molar-refractivity contribution is -0.121. The molecule has 0 saturated carbocycles. The highest BCUT2D eigenvalue weighted by Gasteiger charge is 2.26. The first-order valence-electron chi connectivity index (χ1n) is 5.77. The van der Waals surface area contributed by atoms with Crippen molar-refractivity contribution in [3.8, 4) is 11.5 Å². The Labute approximate surface area is 118 Å². The standard InChI is InChI=1S/C13H19ClN2O3/c1-13(2,15-3)12(17)16-9-6-8(14)10(18-4)7-11(9)19-5/h6-7,15H,1-5H3,(H,16,17). The van der Waals surface area contributed by atoms with Gasteiger partial charge in [-0.15, -0.1) is 0 Å². The van der Waals surface area contributed by atoms with E-state index in [0.29, 0.717) is 22.2 Å². The summed E-state index contributed by atoms with van der Waals surface area (Å²) in [5, 5.41) is 6.11. The number of nitrogens with one attached hydrogen (secondary N) is 2. The number of carbonyl (C=O) groups excluding carboxylic acids is 1. The molecule has 0 saturated heterocycles. The van der Waals surface area contributed by atoms with Gasteiger partial charge in [-0.1, -0.05) is 11.6 Å². The Hall–Kier alpha value is -1.46. The van der Waals surface area contributed by atoms with E-state index >= 15 is 0 Å². The summed E-state index contributed by atoms with van der Waals surface area (Å²) in [6.07, 6.45) is 0. The van der Waals surface area contributed by atoms with Gasteiger partial charge >= 0.3 is 0 Å². The van der Waals surface area contributed by atoms with Gasteiger partial charge in [0.05, 0.1) is 30.5 Å². The minimum atomic E-state index is -0.697. The molecule has 1 aromatic rings. The molecule has 1 rings (SSSR count). The first kappa shape index (κ1) is 15.6. The van der Waals surface area contributed by atoms with Gasteiger partial charge in [0.15, 0.2) is 0 Å². The lowest BCUT2D eigenvalue weighted by Gasteiger charge is -2.23. The molecule has 0 atom stereocenters. The molecule has 0 aliphatic rings. The lowest BCUT2D eigenvalue weighted by atomic mass is 10.1. The van der Waals surface area contributed by atoms with Crippen LogP contribution in [-0.4, -0.2) is 32.7 Å². The molecule has 0 fully saturated rings. The third kappa shape index (κ3) is 3.52. The highest BCUT2D eigenvalue weighted by molar-refractivity contribution is 6.32. The second kappa shape index (κ2) is 6.12. The monoisotopic (exact) mass is 286 g/mol. The molecule has 0 bridgehead atoms. The summed E-state index contributed by atoms with van der Waals surface area (Å²) in [7, 11) is 4.75. The van der Waals surface area contributed by atoms with Crippen molar-refractivity contribution in [3.05, 3.63) is 17.2 Å². The number of benzene rings is 1. The Bertz CT molecular complexity index is 475. The van der Waals surface area contributed by atoms with Gasteiger partial charge in [0.25, 0.3) is 0 Å². The van der Waals surface area contributed by atoms with Crippen molar-refractivity contribution in [1.82, 2.24) is 5.32 Å². The average molecular weight is 287 g/mol. The minimum absolute atomic E-state index is 0.186. The van der Waals surface area contributed by atoms with Gasteiger partial charge in [0, 0.05) is 6.07 Å². The Balaban J connectivity index is 3.08. The van der Waals surface area contributed by atoms with Crippen molar-refractivity contribution in [2.24, 2.45) is 0 Å². The number of likely N-dealkylation sites (N-methyl/N-ethyl adjacent to an activating group) is 1. The molecule has 0 aromatic heterocycles. The Morgan fingerprint density at radius 2 is 1.79 bits per heavy atom. The van der Waals surface area contributed by atoms with Gasteiger partial charge in [-0.3, -0.25) is 4.79 Å². The molecule has 6 heteroatoms. The Kier molecular flexibility index (Phi) is 5.03. The van der Waals surface area contributed by atoms with E-state index in [4.69, 9.17) is 21.1 Å². The smallest absolute Gasteiger partial charge is 0.244 e. The van der Waals surface area contributed by atoms with E-state index in [1.807, 2.05) is 0 Å². The van der Waals surface area contributed by atoms with Crippen LogP contribution in [0.5, 0.6) is 11.5 Å². The Morgan fingerprint density at radius 3 is 2.26 bits per heavy atom. The predicted molar refractivity (Wildman–Crippen MR) is 76.3 cm³/mol. The fourth-order valence-corrected chi connectivity index (χ4v) is 1.59. The van der Waals surface area contributed by atoms with Crippen LogP contribution in [0.25, 0.3) is 0 Å². The lowest BCUT2D eigenvalue weighted by Crippen LogP contribution is -2.47. The molecule has 1 aromatic carbocycles. The zero-order chi connectivity index (χ0) is 14.6. The quantitative estimate of drug-likeness (QED) is 0.872. The first-order chi connectivity index (χ1) is 8.85. The van der Waals surface area contributed by atoms with Crippen LogP contribution < -0.4 is 20.1 Å². The number of carbonyl (C=O) groups is 1. The topological polar surface area (TPSA) is 59.6 Å². The molecule has 5 nitrogen and oxygen atoms in total. The van der Waals surface area contributed by atoms with E-state index in [9.17, 15) is 4.79 Å². The number of hydrogen-bond donors (Lipinski definition) is 2. The van der Waals surface area contributed by atoms with Gasteiger partial charge in [-0.05, 0) is 27.0 Å². The van der Waals surface area contributed by atoms with Crippen molar-refractivity contribution in [3.63, 3.8) is 0 Å². The van der Waals surface area contributed by atoms with E-state index < -0.39 is 5.54 Å². The second-order valence-corrected chi connectivity index (χ2v) is 4.92. The van der Waals surface area contributed by atoms with Crippen LogP contribution in [0.15, 0.2) is 12.1 Å². The second-order valence-electron chi connectivity index (χ2n) is 4.52. The van der Waals surface area contributed by atoms with Gasteiger partial charge in [-0.25, -0.2) is 0 Å². The molecule has 0 radical (unpaired) electrons. The number of halogens is 1. The SMILES string of the molecule is CNC(C)(C)C(=O)Nc1cc(Cl)c(OC)cc1OC. The number of anilines is 1. The Morgan fingerprint density at radius 1 is 1.21 bits per heavy atom. The maximum Gasteiger partial charge on any atom is 0.244 e. The molecule has 0 aliphatic carbocycles. The summed E-state index contributed by atoms with van der Waals surface area (Å²) in [5.74, 6) is 0.792. The third-order valence-corrected chi connectivity index (χ3v) is 3.21. The molecule has 0 spiro atoms. The molecule has 0 heterocycles. The zero-order valence-electron chi connectivity index (χ0n) is 11.8. The van der Waals surface area contributed by atoms with Crippen LogP contribution in [0, 0.1) is 0 Å². The van der Waals surface area contributed by atoms with Crippen LogP contribution >= 0.6 is 11.6 Å². The van der Waals surface area contributed by atoms with Crippen molar-refractivity contribution >= 4 is 23.2 Å². The number of hydrogen-bond acceptors (Lipinski definition) is 4. The highest BCUT2D eigenvalue weighted by Crippen LogP contribution is 2.36. The van der Waals surface area contributed by atoms with Crippen molar-refractivity contribution in [2.45, 2.75) is 19.4 Å². The molecular weight excluding hydrogens is 268 g/mol. The summed E-state index contributed by atoms with van der Waals surface area (Å²) in [6.45, 7) is 3.56. The van der Waals surface area contributed by atoms with Crippen LogP contribution in [0.4, 0.5) is 5.69 Å². The van der Waals surface area contributed by atoms with Crippen molar-refractivity contribution in [1.29, 1.82) is 0 Å². The van der Waals surface area contributed by atoms with Gasteiger partial charge in [-0.2, -0.15) is 0 Å². The summed E-state index contributed by atoms with van der Waals surface area (Å²) in [6, 6.07) is 3.23. The van der Waals surface area contributed by atoms with Crippen molar-refractivity contribution < 1.29 is 14.3 Å². The fraction of sp³-hybridized carbons (Fsp3) is 0.462. The maximum absolute atomic E-state index is 12.1. The summed E-state index contributed by atoms with van der Waals surface area (Å²) in [4.78, 5) is 12.1. The summed E-state index contributed by atoms with van der Waals surface area (Å²) < 4.78 is 10.3. The van der Waals surface area contributed by atoms with E-state index in [1.165, 1.54) is 14.2 Å². The molecular formula is C13H19ClN2O3. The van der Waals surface area contributed by atoms with Crippen molar-refractivity contribution in [2.75, 3.05) is 26.6 Å². The van der Waals surface area contributed by atoms with Gasteiger partial charge in [0.1, 0.15) is 11.5 Å². The number of methoxy groups -OCH3 is 2. The average Bonchev–Trinajstić information content (AvgIpc) is 2.39. The van der Waals surface area contributed by atoms with Gasteiger partial charge < -0.3 is 20.1 Å². The molecule has 19 heavy (non-hydrogen) atoms. The molecule has 2 N–H and O–H groups in total. The number of amides is 1. The number of ether oxygens (including phenoxy) is 2. The minimum Gasteiger partial charge on any atom is -0.495 e. The third-order valence-electron chi connectivity index (χ3n) is 2.91. The van der Waals surface area contributed by atoms with Crippen LogP contribution in [-0.2, 0) is 4.79 Å². The summed E-state index contributed by atoms with van der Waals surface area (Å²) >= 11 is 6.04. The van der Waals surface area contributed by atoms with E-state index in [2.05, 4.69) is 10.6 Å². The summed E-state index contributed by atoms with van der Waals surface area (Å²) in [5.41, 5.74) is -0.196. The van der Waals surface area contributed by atoms with E-state index in [0.717, 1.165) is 0 Å². The normalized spacial score (nSPS) is 11.1. The predicted octanol–water partition coefficient (Wildman–Crippen LogP) is 2.29. The largest absolute Gasteiger partial charge is 0.495 e. The highest BCUT2D eigenvalue weighted by atomic mass is 35.5.